The molecular formula is C38H44N4O. The van der Waals surface area contributed by atoms with E-state index in [-0.39, 0.29) is 11.8 Å². The van der Waals surface area contributed by atoms with Gasteiger partial charge in [-0.2, -0.15) is 0 Å². The third kappa shape index (κ3) is 6.59. The molecule has 6 rings (SSSR count). The summed E-state index contributed by atoms with van der Waals surface area (Å²) in [4.78, 5) is 12.4. The molecule has 2 unspecified atom stereocenters. The Morgan fingerprint density at radius 2 is 1.53 bits per heavy atom. The molecule has 0 amide bonds. The maximum absolute atomic E-state index is 6.08. The van der Waals surface area contributed by atoms with Crippen molar-refractivity contribution in [2.45, 2.75) is 24.8 Å². The Balaban J connectivity index is 1.49. The van der Waals surface area contributed by atoms with Crippen molar-refractivity contribution in [3.05, 3.63) is 119 Å². The van der Waals surface area contributed by atoms with E-state index in [0.717, 1.165) is 56.8 Å². The van der Waals surface area contributed by atoms with Gasteiger partial charge >= 0.3 is 0 Å². The van der Waals surface area contributed by atoms with Crippen LogP contribution in [-0.2, 0) is 6.54 Å². The number of piperazine rings is 1. The van der Waals surface area contributed by atoms with Gasteiger partial charge in [-0.1, -0.05) is 78.9 Å². The summed E-state index contributed by atoms with van der Waals surface area (Å²) in [6.07, 6.45) is 1.01. The topological polar surface area (TPSA) is 31.8 Å². The van der Waals surface area contributed by atoms with Gasteiger partial charge in [-0.05, 0) is 85.7 Å². The Morgan fingerprint density at radius 3 is 2.30 bits per heavy atom. The van der Waals surface area contributed by atoms with Gasteiger partial charge in [-0.3, -0.25) is 4.90 Å². The van der Waals surface area contributed by atoms with Gasteiger partial charge in [-0.25, -0.2) is 4.98 Å². The van der Waals surface area contributed by atoms with Crippen molar-refractivity contribution in [2.24, 2.45) is 0 Å². The van der Waals surface area contributed by atoms with E-state index >= 15 is 0 Å². The molecule has 222 valence electrons. The number of ether oxygens (including phenoxy) is 1. The molecule has 0 spiro atoms. The predicted molar refractivity (Wildman–Crippen MR) is 179 cm³/mol. The van der Waals surface area contributed by atoms with Gasteiger partial charge in [0.1, 0.15) is 0 Å². The normalized spacial score (nSPS) is 16.1. The molecule has 1 fully saturated rings. The molecule has 0 N–H and O–H groups in total. The number of hydrogen-bond acceptors (Lipinski definition) is 5. The van der Waals surface area contributed by atoms with E-state index in [0.29, 0.717) is 5.88 Å². The Labute approximate surface area is 256 Å². The Kier molecular flexibility index (Phi) is 9.03. The standard InChI is InChI=1S/C38H44N4O/c1-40(2)20-19-34(33-16-10-14-29-11-8-9-15-32(29)33)37(30-12-6-5-7-13-30)35-26-31-25-28(17-18-36(31)39-38(35)43-4)27-42-23-21-41(3)22-24-42/h5-18,25-26,34,37H,19-24,27H2,1-4H3. The first-order chi connectivity index (χ1) is 21.0. The van der Waals surface area contributed by atoms with Crippen LogP contribution in [0.5, 0.6) is 5.88 Å². The van der Waals surface area contributed by atoms with Crippen molar-refractivity contribution >= 4 is 21.7 Å². The maximum Gasteiger partial charge on any atom is 0.217 e. The maximum atomic E-state index is 6.08. The number of likely N-dealkylation sites (N-methyl/N-ethyl adjacent to an activating group) is 1. The van der Waals surface area contributed by atoms with Gasteiger partial charge in [0.25, 0.3) is 0 Å². The minimum atomic E-state index is 0.0695. The van der Waals surface area contributed by atoms with Crippen molar-refractivity contribution in [3.8, 4) is 5.88 Å². The van der Waals surface area contributed by atoms with Gasteiger partial charge in [0, 0.05) is 49.6 Å². The van der Waals surface area contributed by atoms with Gasteiger partial charge in [0.2, 0.25) is 5.88 Å². The van der Waals surface area contributed by atoms with Gasteiger partial charge in [-0.15, -0.1) is 0 Å². The van der Waals surface area contributed by atoms with E-state index in [1.807, 2.05) is 0 Å². The minimum Gasteiger partial charge on any atom is -0.481 e. The monoisotopic (exact) mass is 572 g/mol. The average molecular weight is 573 g/mol. The SMILES string of the molecule is COc1nc2ccc(CN3CCN(C)CC3)cc2cc1C(c1ccccc1)C(CCN(C)C)c1cccc2ccccc12. The van der Waals surface area contributed by atoms with Crippen LogP contribution in [0, 0.1) is 0 Å². The number of fused-ring (bicyclic) bond motifs is 2. The summed E-state index contributed by atoms with van der Waals surface area (Å²) in [6.45, 7) is 6.41. The van der Waals surface area contributed by atoms with Crippen LogP contribution in [0.2, 0.25) is 0 Å². The fraction of sp³-hybridized carbons (Fsp3) is 0.342. The van der Waals surface area contributed by atoms with Crippen LogP contribution >= 0.6 is 0 Å². The van der Waals surface area contributed by atoms with Crippen molar-refractivity contribution in [3.63, 3.8) is 0 Å². The summed E-state index contributed by atoms with van der Waals surface area (Å²) in [7, 11) is 8.30. The summed E-state index contributed by atoms with van der Waals surface area (Å²) in [5, 5.41) is 3.77. The van der Waals surface area contributed by atoms with Crippen LogP contribution in [0.25, 0.3) is 21.7 Å². The summed E-state index contributed by atoms with van der Waals surface area (Å²) in [5.41, 5.74) is 6.12. The Hall–Kier alpha value is -3.77. The third-order valence-corrected chi connectivity index (χ3v) is 9.07. The molecule has 1 aromatic heterocycles. The zero-order valence-corrected chi connectivity index (χ0v) is 26.0. The van der Waals surface area contributed by atoms with E-state index in [1.165, 1.54) is 32.8 Å². The molecule has 2 heterocycles. The molecule has 1 saturated heterocycles. The molecule has 1 aliphatic rings. The van der Waals surface area contributed by atoms with E-state index in [1.54, 1.807) is 7.11 Å². The summed E-state index contributed by atoms with van der Waals surface area (Å²) in [5.74, 6) is 1.00. The quantitative estimate of drug-likeness (QED) is 0.180. The Morgan fingerprint density at radius 1 is 0.791 bits per heavy atom. The lowest BCUT2D eigenvalue weighted by molar-refractivity contribution is 0.148. The number of aromatic nitrogens is 1. The first-order valence-corrected chi connectivity index (χ1v) is 15.6. The summed E-state index contributed by atoms with van der Waals surface area (Å²) < 4.78 is 6.08. The molecule has 4 aromatic carbocycles. The highest BCUT2D eigenvalue weighted by atomic mass is 16.5. The smallest absolute Gasteiger partial charge is 0.217 e. The van der Waals surface area contributed by atoms with Crippen LogP contribution in [0.4, 0.5) is 0 Å². The van der Waals surface area contributed by atoms with Crippen molar-refractivity contribution in [1.82, 2.24) is 19.7 Å². The summed E-state index contributed by atoms with van der Waals surface area (Å²) in [6, 6.07) is 35.6. The molecule has 0 radical (unpaired) electrons. The second-order valence-corrected chi connectivity index (χ2v) is 12.3. The fourth-order valence-electron chi connectivity index (χ4n) is 6.74. The first-order valence-electron chi connectivity index (χ1n) is 15.6. The van der Waals surface area contributed by atoms with E-state index in [9.17, 15) is 0 Å². The van der Waals surface area contributed by atoms with Gasteiger partial charge in [0.05, 0.1) is 12.6 Å². The predicted octanol–water partition coefficient (Wildman–Crippen LogP) is 7.01. The molecule has 0 aliphatic carbocycles. The average Bonchev–Trinajstić information content (AvgIpc) is 3.03. The third-order valence-electron chi connectivity index (χ3n) is 9.07. The molecule has 43 heavy (non-hydrogen) atoms. The first kappa shape index (κ1) is 29.3. The summed E-state index contributed by atoms with van der Waals surface area (Å²) >= 11 is 0. The van der Waals surface area contributed by atoms with Crippen LogP contribution in [-0.4, -0.2) is 80.7 Å². The van der Waals surface area contributed by atoms with Crippen molar-refractivity contribution in [2.75, 3.05) is 61.0 Å². The fourth-order valence-corrected chi connectivity index (χ4v) is 6.74. The zero-order valence-electron chi connectivity index (χ0n) is 26.0. The Bertz CT molecular complexity index is 1650. The zero-order chi connectivity index (χ0) is 29.8. The second-order valence-electron chi connectivity index (χ2n) is 12.3. The lowest BCUT2D eigenvalue weighted by Gasteiger charge is -2.32. The number of rotatable bonds is 10. The number of pyridine rings is 1. The molecule has 5 aromatic rings. The molecule has 1 aliphatic heterocycles. The van der Waals surface area contributed by atoms with E-state index in [4.69, 9.17) is 9.72 Å². The van der Waals surface area contributed by atoms with Crippen molar-refractivity contribution < 1.29 is 4.74 Å². The lowest BCUT2D eigenvalue weighted by Crippen LogP contribution is -2.43. The largest absolute Gasteiger partial charge is 0.481 e. The molecule has 5 heteroatoms. The molecule has 0 saturated carbocycles. The molecule has 2 atom stereocenters. The van der Waals surface area contributed by atoms with Crippen LogP contribution in [0.1, 0.15) is 40.5 Å². The molecular weight excluding hydrogens is 528 g/mol. The number of nitrogens with zero attached hydrogens (tertiary/aromatic N) is 4. The van der Waals surface area contributed by atoms with Gasteiger partial charge < -0.3 is 14.5 Å². The number of methoxy groups -OCH3 is 1. The van der Waals surface area contributed by atoms with E-state index in [2.05, 4.69) is 133 Å². The minimum absolute atomic E-state index is 0.0695. The second kappa shape index (κ2) is 13.3. The van der Waals surface area contributed by atoms with E-state index < -0.39 is 0 Å². The molecule has 5 nitrogen and oxygen atoms in total. The lowest BCUT2D eigenvalue weighted by atomic mass is 9.74. The highest BCUT2D eigenvalue weighted by Gasteiger charge is 2.31. The van der Waals surface area contributed by atoms with Crippen LogP contribution < -0.4 is 4.74 Å². The number of benzene rings is 4. The van der Waals surface area contributed by atoms with Crippen LogP contribution in [0.3, 0.4) is 0 Å². The highest BCUT2D eigenvalue weighted by molar-refractivity contribution is 5.86. The molecule has 0 bridgehead atoms. The highest BCUT2D eigenvalue weighted by Crippen LogP contribution is 2.46. The van der Waals surface area contributed by atoms with Crippen LogP contribution in [0.15, 0.2) is 97.1 Å². The van der Waals surface area contributed by atoms with Crippen molar-refractivity contribution in [1.29, 1.82) is 0 Å². The van der Waals surface area contributed by atoms with Gasteiger partial charge in [0.15, 0.2) is 0 Å². The number of hydrogen-bond donors (Lipinski definition) is 0.